The van der Waals surface area contributed by atoms with Crippen molar-refractivity contribution in [2.45, 2.75) is 20.4 Å². The van der Waals surface area contributed by atoms with Gasteiger partial charge in [0.25, 0.3) is 0 Å². The Balaban J connectivity index is 2.63. The largest absolute Gasteiger partial charge is 0.326 e. The maximum atomic E-state index is 13.9. The zero-order valence-corrected chi connectivity index (χ0v) is 10.1. The molecule has 17 heavy (non-hydrogen) atoms. The molecule has 0 saturated carbocycles. The average Bonchev–Trinajstić information content (AvgIpc) is 2.34. The Morgan fingerprint density at radius 2 is 1.82 bits per heavy atom. The number of benzene rings is 2. The van der Waals surface area contributed by atoms with Crippen LogP contribution in [-0.4, -0.2) is 0 Å². The van der Waals surface area contributed by atoms with Crippen LogP contribution >= 0.6 is 0 Å². The average molecular weight is 229 g/mol. The number of aryl methyl sites for hydroxylation is 1. The van der Waals surface area contributed by atoms with Gasteiger partial charge in [0.05, 0.1) is 0 Å². The smallest absolute Gasteiger partial charge is 0.131 e. The van der Waals surface area contributed by atoms with Crippen LogP contribution in [0.2, 0.25) is 0 Å². The third-order valence-electron chi connectivity index (χ3n) is 3.16. The minimum atomic E-state index is -0.198. The van der Waals surface area contributed by atoms with Gasteiger partial charge in [0.1, 0.15) is 5.82 Å². The molecule has 88 valence electrons. The molecule has 0 unspecified atom stereocenters. The highest BCUT2D eigenvalue weighted by Crippen LogP contribution is 2.28. The highest BCUT2D eigenvalue weighted by molar-refractivity contribution is 5.69. The van der Waals surface area contributed by atoms with E-state index in [-0.39, 0.29) is 5.82 Å². The maximum absolute atomic E-state index is 13.9. The normalized spacial score (nSPS) is 10.6. The van der Waals surface area contributed by atoms with Crippen LogP contribution in [0.25, 0.3) is 11.1 Å². The van der Waals surface area contributed by atoms with Crippen LogP contribution in [0, 0.1) is 19.7 Å². The van der Waals surface area contributed by atoms with Crippen molar-refractivity contribution in [1.29, 1.82) is 0 Å². The van der Waals surface area contributed by atoms with Crippen molar-refractivity contribution in [2.24, 2.45) is 5.73 Å². The molecule has 0 heterocycles. The standard InChI is InChI=1S/C15H16FN/c1-10-4-3-5-13(11(10)2)14-8-12(9-17)6-7-15(14)16/h3-8H,9,17H2,1-2H3. The summed E-state index contributed by atoms with van der Waals surface area (Å²) in [7, 11) is 0. The summed E-state index contributed by atoms with van der Waals surface area (Å²) in [6.45, 7) is 4.47. The van der Waals surface area contributed by atoms with Gasteiger partial charge in [-0.15, -0.1) is 0 Å². The molecule has 2 rings (SSSR count). The highest BCUT2D eigenvalue weighted by Gasteiger charge is 2.09. The Hall–Kier alpha value is -1.67. The molecule has 0 aliphatic carbocycles. The van der Waals surface area contributed by atoms with Crippen molar-refractivity contribution in [3.63, 3.8) is 0 Å². The summed E-state index contributed by atoms with van der Waals surface area (Å²) in [5.41, 5.74) is 10.4. The number of nitrogens with two attached hydrogens (primary N) is 1. The topological polar surface area (TPSA) is 26.0 Å². The van der Waals surface area contributed by atoms with Crippen LogP contribution in [0.3, 0.4) is 0 Å². The van der Waals surface area contributed by atoms with Crippen molar-refractivity contribution in [1.82, 2.24) is 0 Å². The van der Waals surface area contributed by atoms with Crippen LogP contribution in [0.1, 0.15) is 16.7 Å². The molecule has 0 amide bonds. The Labute approximate surface area is 101 Å². The van der Waals surface area contributed by atoms with Gasteiger partial charge >= 0.3 is 0 Å². The third kappa shape index (κ3) is 2.22. The van der Waals surface area contributed by atoms with E-state index in [2.05, 4.69) is 0 Å². The van der Waals surface area contributed by atoms with Gasteiger partial charge in [0, 0.05) is 12.1 Å². The number of hydrogen-bond donors (Lipinski definition) is 1. The lowest BCUT2D eigenvalue weighted by atomic mass is 9.95. The Bertz CT molecular complexity index is 547. The minimum Gasteiger partial charge on any atom is -0.326 e. The van der Waals surface area contributed by atoms with Crippen molar-refractivity contribution in [3.05, 3.63) is 58.9 Å². The van der Waals surface area contributed by atoms with Crippen molar-refractivity contribution < 1.29 is 4.39 Å². The molecule has 0 aromatic heterocycles. The van der Waals surface area contributed by atoms with E-state index >= 15 is 0 Å². The van der Waals surface area contributed by atoms with Gasteiger partial charge in [-0.1, -0.05) is 24.3 Å². The van der Waals surface area contributed by atoms with Crippen LogP contribution in [-0.2, 0) is 6.54 Å². The zero-order chi connectivity index (χ0) is 12.4. The van der Waals surface area contributed by atoms with E-state index in [0.717, 1.165) is 16.7 Å². The zero-order valence-electron chi connectivity index (χ0n) is 10.1. The van der Waals surface area contributed by atoms with Gasteiger partial charge in [-0.2, -0.15) is 0 Å². The predicted octanol–water partition coefficient (Wildman–Crippen LogP) is 3.57. The number of hydrogen-bond acceptors (Lipinski definition) is 1. The summed E-state index contributed by atoms with van der Waals surface area (Å²) >= 11 is 0. The van der Waals surface area contributed by atoms with Crippen LogP contribution in [0.5, 0.6) is 0 Å². The van der Waals surface area contributed by atoms with Gasteiger partial charge in [-0.3, -0.25) is 0 Å². The lowest BCUT2D eigenvalue weighted by Gasteiger charge is -2.11. The molecule has 0 fully saturated rings. The van der Waals surface area contributed by atoms with Gasteiger partial charge in [0.2, 0.25) is 0 Å². The Morgan fingerprint density at radius 1 is 1.06 bits per heavy atom. The summed E-state index contributed by atoms with van der Waals surface area (Å²) in [6, 6.07) is 11.0. The summed E-state index contributed by atoms with van der Waals surface area (Å²) in [5, 5.41) is 0. The highest BCUT2D eigenvalue weighted by atomic mass is 19.1. The monoisotopic (exact) mass is 229 g/mol. The molecular weight excluding hydrogens is 213 g/mol. The number of halogens is 1. The van der Waals surface area contributed by atoms with E-state index < -0.39 is 0 Å². The van der Waals surface area contributed by atoms with E-state index in [1.54, 1.807) is 6.07 Å². The third-order valence-corrected chi connectivity index (χ3v) is 3.16. The molecule has 0 saturated heterocycles. The Morgan fingerprint density at radius 3 is 2.53 bits per heavy atom. The molecule has 0 atom stereocenters. The molecule has 0 bridgehead atoms. The summed E-state index contributed by atoms with van der Waals surface area (Å²) in [4.78, 5) is 0. The fourth-order valence-corrected chi connectivity index (χ4v) is 1.95. The van der Waals surface area contributed by atoms with Gasteiger partial charge in [0.15, 0.2) is 0 Å². The minimum absolute atomic E-state index is 0.198. The molecule has 0 aliphatic heterocycles. The first kappa shape index (κ1) is 11.8. The second kappa shape index (κ2) is 4.68. The second-order valence-electron chi connectivity index (χ2n) is 4.27. The van der Waals surface area contributed by atoms with Crippen molar-refractivity contribution in [3.8, 4) is 11.1 Å². The molecule has 1 nitrogen and oxygen atoms in total. The van der Waals surface area contributed by atoms with E-state index in [1.807, 2.05) is 38.1 Å². The van der Waals surface area contributed by atoms with Gasteiger partial charge in [-0.25, -0.2) is 4.39 Å². The molecular formula is C15H16FN. The Kier molecular flexibility index (Phi) is 3.25. The molecule has 0 spiro atoms. The lowest BCUT2D eigenvalue weighted by molar-refractivity contribution is 0.630. The number of rotatable bonds is 2. The summed E-state index contributed by atoms with van der Waals surface area (Å²) in [6.07, 6.45) is 0. The molecule has 0 radical (unpaired) electrons. The molecule has 2 N–H and O–H groups in total. The van der Waals surface area contributed by atoms with Crippen LogP contribution in [0.15, 0.2) is 36.4 Å². The van der Waals surface area contributed by atoms with E-state index in [9.17, 15) is 4.39 Å². The van der Waals surface area contributed by atoms with Gasteiger partial charge < -0.3 is 5.73 Å². The molecule has 0 aliphatic rings. The summed E-state index contributed by atoms with van der Waals surface area (Å²) in [5.74, 6) is -0.198. The van der Waals surface area contributed by atoms with Crippen LogP contribution in [0.4, 0.5) is 4.39 Å². The van der Waals surface area contributed by atoms with E-state index in [0.29, 0.717) is 12.1 Å². The first-order chi connectivity index (χ1) is 8.13. The second-order valence-corrected chi connectivity index (χ2v) is 4.27. The first-order valence-corrected chi connectivity index (χ1v) is 5.68. The van der Waals surface area contributed by atoms with Gasteiger partial charge in [-0.05, 0) is 48.2 Å². The SMILES string of the molecule is Cc1cccc(-c2cc(CN)ccc2F)c1C. The summed E-state index contributed by atoms with van der Waals surface area (Å²) < 4.78 is 13.9. The van der Waals surface area contributed by atoms with E-state index in [4.69, 9.17) is 5.73 Å². The first-order valence-electron chi connectivity index (χ1n) is 5.68. The van der Waals surface area contributed by atoms with Crippen molar-refractivity contribution >= 4 is 0 Å². The fraction of sp³-hybridized carbons (Fsp3) is 0.200. The van der Waals surface area contributed by atoms with Crippen molar-refractivity contribution in [2.75, 3.05) is 0 Å². The molecule has 2 aromatic carbocycles. The fourth-order valence-electron chi connectivity index (χ4n) is 1.95. The molecule has 2 aromatic rings. The quantitative estimate of drug-likeness (QED) is 0.837. The van der Waals surface area contributed by atoms with E-state index in [1.165, 1.54) is 11.6 Å². The maximum Gasteiger partial charge on any atom is 0.131 e. The van der Waals surface area contributed by atoms with Crippen LogP contribution < -0.4 is 5.73 Å². The lowest BCUT2D eigenvalue weighted by Crippen LogP contribution is -1.98. The molecule has 2 heteroatoms. The predicted molar refractivity (Wildman–Crippen MR) is 69.2 cm³/mol.